The number of rotatable bonds is 54. The molecule has 0 aliphatic rings. The lowest BCUT2D eigenvalue weighted by Gasteiger charge is -2.18. The van der Waals surface area contributed by atoms with Crippen LogP contribution in [0.1, 0.15) is 329 Å². The Kier molecular flexibility index (Phi) is 53.2. The molecule has 384 valence electrons. The highest BCUT2D eigenvalue weighted by Gasteiger charge is 2.19. The molecule has 1 unspecified atom stereocenters. The highest BCUT2D eigenvalue weighted by atomic mass is 16.6. The van der Waals surface area contributed by atoms with Crippen LogP contribution in [0.2, 0.25) is 0 Å². The molecule has 0 rings (SSSR count). The quantitative estimate of drug-likeness (QED) is 0.0262. The van der Waals surface area contributed by atoms with Crippen molar-refractivity contribution in [3.63, 3.8) is 0 Å². The van der Waals surface area contributed by atoms with Crippen molar-refractivity contribution in [2.45, 2.75) is 335 Å². The first kappa shape index (κ1) is 63.1. The zero-order valence-corrected chi connectivity index (χ0v) is 44.0. The lowest BCUT2D eigenvalue weighted by Crippen LogP contribution is -2.30. The number of ether oxygens (including phenoxy) is 3. The predicted octanol–water partition coefficient (Wildman–Crippen LogP) is 19.3. The second-order valence-corrected chi connectivity index (χ2v) is 19.9. The summed E-state index contributed by atoms with van der Waals surface area (Å²) in [6, 6.07) is 0. The van der Waals surface area contributed by atoms with Gasteiger partial charge in [-0.25, -0.2) is 0 Å². The topological polar surface area (TPSA) is 78.9 Å². The molecule has 0 bridgehead atoms. The Bertz CT molecular complexity index is 1010. The summed E-state index contributed by atoms with van der Waals surface area (Å²) in [5.41, 5.74) is 0. The fourth-order valence-corrected chi connectivity index (χ4v) is 8.85. The number of esters is 3. The summed E-state index contributed by atoms with van der Waals surface area (Å²) in [4.78, 5) is 38.1. The maximum Gasteiger partial charge on any atom is 0.306 e. The van der Waals surface area contributed by atoms with Crippen LogP contribution in [-0.4, -0.2) is 37.2 Å². The summed E-state index contributed by atoms with van der Waals surface area (Å²) in [5.74, 6) is -0.852. The first-order chi connectivity index (χ1) is 32.0. The number of unbranched alkanes of at least 4 members (excludes halogenated alkanes) is 41. The number of carbonyl (C=O) groups excluding carboxylic acids is 3. The minimum absolute atomic E-state index is 0.0665. The summed E-state index contributed by atoms with van der Waals surface area (Å²) in [6.45, 7) is 6.67. The first-order valence-electron chi connectivity index (χ1n) is 29.2. The standard InChI is InChI=1S/C59H112O6/c1-4-7-10-13-16-19-22-25-27-28-29-30-31-33-34-37-40-43-46-49-52-58(61)64-55-56(54-63-57(60)51-48-45-42-39-36-24-21-18-15-12-9-6-3)65-59(62)53-50-47-44-41-38-35-32-26-23-20-17-14-11-8-5-2/h18,21,56H,4-17,19-20,22-55H2,1-3H3/b21-18-. The van der Waals surface area contributed by atoms with E-state index in [1.165, 1.54) is 225 Å². The normalized spacial score (nSPS) is 12.0. The van der Waals surface area contributed by atoms with E-state index in [4.69, 9.17) is 14.2 Å². The SMILES string of the molecule is CCCCC/C=C\CCCCCCCC(=O)OCC(COC(=O)CCCCCCCCCCCCCCCCCCCCCC)OC(=O)CCCCCCCCCCCCCCCCC. The summed E-state index contributed by atoms with van der Waals surface area (Å²) < 4.78 is 16.9. The third-order valence-electron chi connectivity index (χ3n) is 13.3. The van der Waals surface area contributed by atoms with Gasteiger partial charge in [0, 0.05) is 19.3 Å². The van der Waals surface area contributed by atoms with Crippen molar-refractivity contribution < 1.29 is 28.6 Å². The van der Waals surface area contributed by atoms with Gasteiger partial charge in [-0.1, -0.05) is 277 Å². The summed E-state index contributed by atoms with van der Waals surface area (Å²) in [5, 5.41) is 0. The van der Waals surface area contributed by atoms with Crippen LogP contribution in [0.3, 0.4) is 0 Å². The van der Waals surface area contributed by atoms with Crippen molar-refractivity contribution in [2.24, 2.45) is 0 Å². The van der Waals surface area contributed by atoms with E-state index in [1.54, 1.807) is 0 Å². The van der Waals surface area contributed by atoms with Crippen molar-refractivity contribution in [3.8, 4) is 0 Å². The van der Waals surface area contributed by atoms with E-state index in [2.05, 4.69) is 32.9 Å². The minimum atomic E-state index is -0.767. The van der Waals surface area contributed by atoms with Crippen LogP contribution in [0.15, 0.2) is 12.2 Å². The van der Waals surface area contributed by atoms with Gasteiger partial charge >= 0.3 is 17.9 Å². The molecule has 0 spiro atoms. The molecule has 6 nitrogen and oxygen atoms in total. The minimum Gasteiger partial charge on any atom is -0.462 e. The van der Waals surface area contributed by atoms with Gasteiger partial charge in [0.05, 0.1) is 0 Å². The van der Waals surface area contributed by atoms with Gasteiger partial charge in [0.2, 0.25) is 0 Å². The lowest BCUT2D eigenvalue weighted by molar-refractivity contribution is -0.167. The molecule has 65 heavy (non-hydrogen) atoms. The molecule has 0 fully saturated rings. The van der Waals surface area contributed by atoms with Crippen LogP contribution in [0.4, 0.5) is 0 Å². The smallest absolute Gasteiger partial charge is 0.306 e. The fraction of sp³-hybridized carbons (Fsp3) is 0.915. The molecule has 0 aliphatic heterocycles. The van der Waals surface area contributed by atoms with Crippen LogP contribution < -0.4 is 0 Å². The lowest BCUT2D eigenvalue weighted by atomic mass is 10.0. The second-order valence-electron chi connectivity index (χ2n) is 19.9. The largest absolute Gasteiger partial charge is 0.462 e. The molecule has 0 aromatic carbocycles. The third kappa shape index (κ3) is 53.0. The van der Waals surface area contributed by atoms with E-state index in [9.17, 15) is 14.4 Å². The van der Waals surface area contributed by atoms with Crippen LogP contribution in [-0.2, 0) is 28.6 Å². The van der Waals surface area contributed by atoms with Gasteiger partial charge in [-0.15, -0.1) is 0 Å². The predicted molar refractivity (Wildman–Crippen MR) is 280 cm³/mol. The monoisotopic (exact) mass is 917 g/mol. The molecule has 0 aromatic heterocycles. The Labute approximate surface area is 405 Å². The van der Waals surface area contributed by atoms with E-state index < -0.39 is 6.10 Å². The van der Waals surface area contributed by atoms with Gasteiger partial charge in [-0.2, -0.15) is 0 Å². The third-order valence-corrected chi connectivity index (χ3v) is 13.3. The molecule has 0 saturated carbocycles. The summed E-state index contributed by atoms with van der Waals surface area (Å²) in [6.07, 6.45) is 62.1. The van der Waals surface area contributed by atoms with Crippen molar-refractivity contribution in [1.82, 2.24) is 0 Å². The van der Waals surface area contributed by atoms with Crippen molar-refractivity contribution in [2.75, 3.05) is 13.2 Å². The number of hydrogen-bond donors (Lipinski definition) is 0. The van der Waals surface area contributed by atoms with Crippen LogP contribution in [0, 0.1) is 0 Å². The molecule has 1 atom stereocenters. The first-order valence-corrected chi connectivity index (χ1v) is 29.2. The zero-order chi connectivity index (χ0) is 47.2. The van der Waals surface area contributed by atoms with E-state index >= 15 is 0 Å². The van der Waals surface area contributed by atoms with Crippen molar-refractivity contribution >= 4 is 17.9 Å². The molecule has 0 amide bonds. The molecular formula is C59H112O6. The Morgan fingerprint density at radius 1 is 0.292 bits per heavy atom. The molecule has 0 N–H and O–H groups in total. The van der Waals surface area contributed by atoms with Crippen LogP contribution in [0.5, 0.6) is 0 Å². The average Bonchev–Trinajstić information content (AvgIpc) is 3.30. The Morgan fingerprint density at radius 2 is 0.508 bits per heavy atom. The van der Waals surface area contributed by atoms with E-state index in [0.29, 0.717) is 19.3 Å². The Balaban J connectivity index is 4.26. The number of allylic oxidation sites excluding steroid dienone is 2. The van der Waals surface area contributed by atoms with Crippen molar-refractivity contribution in [3.05, 3.63) is 12.2 Å². The zero-order valence-electron chi connectivity index (χ0n) is 44.0. The van der Waals surface area contributed by atoms with E-state index in [0.717, 1.165) is 64.2 Å². The average molecular weight is 918 g/mol. The molecule has 0 radical (unpaired) electrons. The highest BCUT2D eigenvalue weighted by molar-refractivity contribution is 5.71. The molecule has 0 aliphatic carbocycles. The molecule has 6 heteroatoms. The van der Waals surface area contributed by atoms with E-state index in [1.807, 2.05) is 0 Å². The molecule has 0 heterocycles. The van der Waals surface area contributed by atoms with Gasteiger partial charge in [-0.05, 0) is 44.9 Å². The summed E-state index contributed by atoms with van der Waals surface area (Å²) >= 11 is 0. The maximum absolute atomic E-state index is 12.8. The van der Waals surface area contributed by atoms with Crippen molar-refractivity contribution in [1.29, 1.82) is 0 Å². The fourth-order valence-electron chi connectivity index (χ4n) is 8.85. The molecular weight excluding hydrogens is 805 g/mol. The van der Waals surface area contributed by atoms with Crippen LogP contribution >= 0.6 is 0 Å². The van der Waals surface area contributed by atoms with Gasteiger partial charge < -0.3 is 14.2 Å². The molecule has 0 aromatic rings. The summed E-state index contributed by atoms with van der Waals surface area (Å²) in [7, 11) is 0. The highest BCUT2D eigenvalue weighted by Crippen LogP contribution is 2.17. The Hall–Kier alpha value is -1.85. The Morgan fingerprint density at radius 3 is 0.800 bits per heavy atom. The van der Waals surface area contributed by atoms with Gasteiger partial charge in [-0.3, -0.25) is 14.4 Å². The van der Waals surface area contributed by atoms with Gasteiger partial charge in [0.15, 0.2) is 6.10 Å². The maximum atomic E-state index is 12.8. The molecule has 0 saturated heterocycles. The van der Waals surface area contributed by atoms with Gasteiger partial charge in [0.25, 0.3) is 0 Å². The van der Waals surface area contributed by atoms with Gasteiger partial charge in [0.1, 0.15) is 13.2 Å². The number of carbonyl (C=O) groups is 3. The van der Waals surface area contributed by atoms with Crippen LogP contribution in [0.25, 0.3) is 0 Å². The number of hydrogen-bond acceptors (Lipinski definition) is 6. The second kappa shape index (κ2) is 54.8. The van der Waals surface area contributed by atoms with E-state index in [-0.39, 0.29) is 31.1 Å².